The molecular formula is C15H25NO. The molecule has 1 N–H and O–H groups in total. The molecule has 0 radical (unpaired) electrons. The highest BCUT2D eigenvalue weighted by Gasteiger charge is 2.09. The fourth-order valence-electron chi connectivity index (χ4n) is 1.60. The van der Waals surface area contributed by atoms with Crippen molar-refractivity contribution in [3.63, 3.8) is 0 Å². The van der Waals surface area contributed by atoms with Gasteiger partial charge in [0.25, 0.3) is 0 Å². The van der Waals surface area contributed by atoms with Crippen LogP contribution >= 0.6 is 0 Å². The Morgan fingerprint density at radius 3 is 2.53 bits per heavy atom. The third-order valence-electron chi connectivity index (χ3n) is 2.64. The van der Waals surface area contributed by atoms with E-state index in [1.54, 1.807) is 0 Å². The van der Waals surface area contributed by atoms with Gasteiger partial charge in [-0.15, -0.1) is 0 Å². The van der Waals surface area contributed by atoms with Gasteiger partial charge in [0.15, 0.2) is 0 Å². The van der Waals surface area contributed by atoms with Gasteiger partial charge in [0.2, 0.25) is 0 Å². The van der Waals surface area contributed by atoms with Crippen molar-refractivity contribution in [1.29, 1.82) is 0 Å². The maximum Gasteiger partial charge on any atom is 0.0716 e. The second-order valence-corrected chi connectivity index (χ2v) is 5.71. The van der Waals surface area contributed by atoms with Gasteiger partial charge in [0.1, 0.15) is 0 Å². The van der Waals surface area contributed by atoms with Crippen LogP contribution < -0.4 is 5.32 Å². The summed E-state index contributed by atoms with van der Waals surface area (Å²) < 4.78 is 5.71. The van der Waals surface area contributed by atoms with E-state index < -0.39 is 0 Å². The molecule has 2 nitrogen and oxygen atoms in total. The molecule has 0 fully saturated rings. The largest absolute Gasteiger partial charge is 0.377 e. The second-order valence-electron chi connectivity index (χ2n) is 5.71. The molecular weight excluding hydrogens is 210 g/mol. The van der Waals surface area contributed by atoms with Crippen LogP contribution in [0.4, 0.5) is 0 Å². The molecule has 0 atom stereocenters. The molecule has 0 aromatic heterocycles. The minimum Gasteiger partial charge on any atom is -0.377 e. The first-order valence-corrected chi connectivity index (χ1v) is 6.31. The quantitative estimate of drug-likeness (QED) is 0.763. The van der Waals surface area contributed by atoms with Gasteiger partial charge in [-0.3, -0.25) is 0 Å². The van der Waals surface area contributed by atoms with Crippen LogP contribution in [0.2, 0.25) is 0 Å². The molecule has 0 aliphatic heterocycles. The predicted molar refractivity (Wildman–Crippen MR) is 72.9 cm³/mol. The molecule has 0 amide bonds. The monoisotopic (exact) mass is 235 g/mol. The van der Waals surface area contributed by atoms with Crippen LogP contribution in [-0.4, -0.2) is 13.7 Å². The Bertz CT molecular complexity index is 328. The number of hydrogen-bond donors (Lipinski definition) is 1. The average Bonchev–Trinajstić information content (AvgIpc) is 2.24. The number of nitrogens with one attached hydrogen (secondary N) is 1. The van der Waals surface area contributed by atoms with Crippen molar-refractivity contribution in [3.05, 3.63) is 35.4 Å². The van der Waals surface area contributed by atoms with Crippen LogP contribution in [0.25, 0.3) is 0 Å². The zero-order valence-electron chi connectivity index (χ0n) is 11.5. The van der Waals surface area contributed by atoms with E-state index in [1.165, 1.54) is 11.1 Å². The first kappa shape index (κ1) is 14.2. The van der Waals surface area contributed by atoms with Crippen LogP contribution in [0.5, 0.6) is 0 Å². The maximum absolute atomic E-state index is 5.71. The highest BCUT2D eigenvalue weighted by atomic mass is 16.5. The van der Waals surface area contributed by atoms with Gasteiger partial charge >= 0.3 is 0 Å². The Morgan fingerprint density at radius 2 is 1.88 bits per heavy atom. The van der Waals surface area contributed by atoms with Crippen molar-refractivity contribution in [2.24, 2.45) is 5.41 Å². The molecule has 2 heteroatoms. The van der Waals surface area contributed by atoms with E-state index >= 15 is 0 Å². The molecule has 1 rings (SSSR count). The van der Waals surface area contributed by atoms with Crippen LogP contribution in [0.1, 0.15) is 38.3 Å². The van der Waals surface area contributed by atoms with Crippen molar-refractivity contribution in [3.8, 4) is 0 Å². The van der Waals surface area contributed by atoms with Gasteiger partial charge in [-0.2, -0.15) is 0 Å². The smallest absolute Gasteiger partial charge is 0.0716 e. The van der Waals surface area contributed by atoms with E-state index in [0.29, 0.717) is 12.0 Å². The fourth-order valence-corrected chi connectivity index (χ4v) is 1.60. The SMILES string of the molecule is CNCc1cccc(COCCC(C)(C)C)c1. The molecule has 0 heterocycles. The molecule has 17 heavy (non-hydrogen) atoms. The van der Waals surface area contributed by atoms with Gasteiger partial charge in [-0.05, 0) is 30.0 Å². The van der Waals surface area contributed by atoms with E-state index in [2.05, 4.69) is 50.4 Å². The van der Waals surface area contributed by atoms with E-state index in [9.17, 15) is 0 Å². The summed E-state index contributed by atoms with van der Waals surface area (Å²) in [6, 6.07) is 8.55. The molecule has 0 bridgehead atoms. The summed E-state index contributed by atoms with van der Waals surface area (Å²) in [6.07, 6.45) is 1.10. The summed E-state index contributed by atoms with van der Waals surface area (Å²) in [4.78, 5) is 0. The zero-order chi connectivity index (χ0) is 12.7. The standard InChI is InChI=1S/C15H25NO/c1-15(2,3)8-9-17-12-14-7-5-6-13(10-14)11-16-4/h5-7,10,16H,8-9,11-12H2,1-4H3. The van der Waals surface area contributed by atoms with E-state index in [-0.39, 0.29) is 0 Å². The third-order valence-corrected chi connectivity index (χ3v) is 2.64. The lowest BCUT2D eigenvalue weighted by Gasteiger charge is -2.17. The molecule has 0 unspecified atom stereocenters. The maximum atomic E-state index is 5.71. The number of ether oxygens (including phenoxy) is 1. The topological polar surface area (TPSA) is 21.3 Å². The molecule has 0 saturated carbocycles. The Hall–Kier alpha value is -0.860. The van der Waals surface area contributed by atoms with Crippen molar-refractivity contribution in [2.45, 2.75) is 40.3 Å². The van der Waals surface area contributed by atoms with Gasteiger partial charge in [0.05, 0.1) is 6.61 Å². The van der Waals surface area contributed by atoms with E-state index in [4.69, 9.17) is 4.74 Å². The van der Waals surface area contributed by atoms with Crippen LogP contribution in [0.3, 0.4) is 0 Å². The highest BCUT2D eigenvalue weighted by molar-refractivity contribution is 5.22. The molecule has 0 aliphatic rings. The van der Waals surface area contributed by atoms with Crippen molar-refractivity contribution >= 4 is 0 Å². The first-order valence-electron chi connectivity index (χ1n) is 6.31. The van der Waals surface area contributed by atoms with Crippen LogP contribution in [0, 0.1) is 5.41 Å². The summed E-state index contributed by atoms with van der Waals surface area (Å²) >= 11 is 0. The minimum absolute atomic E-state index is 0.355. The molecule has 0 aliphatic carbocycles. The second kappa shape index (κ2) is 6.77. The third kappa shape index (κ3) is 6.44. The lowest BCUT2D eigenvalue weighted by Crippen LogP contribution is -2.09. The Labute approximate surface area is 105 Å². The predicted octanol–water partition coefficient (Wildman–Crippen LogP) is 3.36. The van der Waals surface area contributed by atoms with Crippen LogP contribution in [0.15, 0.2) is 24.3 Å². The number of rotatable bonds is 6. The lowest BCUT2D eigenvalue weighted by molar-refractivity contribution is 0.0962. The Morgan fingerprint density at radius 1 is 1.18 bits per heavy atom. The number of hydrogen-bond acceptors (Lipinski definition) is 2. The first-order chi connectivity index (χ1) is 8.01. The minimum atomic E-state index is 0.355. The summed E-state index contributed by atoms with van der Waals surface area (Å²) in [6.45, 7) is 9.18. The molecule has 0 spiro atoms. The van der Waals surface area contributed by atoms with Gasteiger partial charge in [-0.1, -0.05) is 45.0 Å². The average molecular weight is 235 g/mol. The highest BCUT2D eigenvalue weighted by Crippen LogP contribution is 2.18. The Kier molecular flexibility index (Phi) is 5.66. The van der Waals surface area contributed by atoms with E-state index in [1.807, 2.05) is 7.05 Å². The van der Waals surface area contributed by atoms with Crippen molar-refractivity contribution in [2.75, 3.05) is 13.7 Å². The lowest BCUT2D eigenvalue weighted by atomic mass is 9.93. The summed E-state index contributed by atoms with van der Waals surface area (Å²) in [5, 5.41) is 3.16. The number of benzene rings is 1. The summed E-state index contributed by atoms with van der Waals surface area (Å²) in [5.74, 6) is 0. The fraction of sp³-hybridized carbons (Fsp3) is 0.600. The Balaban J connectivity index is 2.34. The molecule has 1 aromatic carbocycles. The van der Waals surface area contributed by atoms with Gasteiger partial charge in [-0.25, -0.2) is 0 Å². The van der Waals surface area contributed by atoms with Crippen LogP contribution in [-0.2, 0) is 17.9 Å². The molecule has 96 valence electrons. The van der Waals surface area contributed by atoms with Gasteiger partial charge < -0.3 is 10.1 Å². The summed E-state index contributed by atoms with van der Waals surface area (Å²) in [5.41, 5.74) is 2.92. The normalized spacial score (nSPS) is 11.8. The van der Waals surface area contributed by atoms with Gasteiger partial charge in [0, 0.05) is 13.2 Å². The zero-order valence-corrected chi connectivity index (χ0v) is 11.5. The molecule has 1 aromatic rings. The van der Waals surface area contributed by atoms with E-state index in [0.717, 1.165) is 19.6 Å². The molecule has 0 saturated heterocycles. The summed E-state index contributed by atoms with van der Waals surface area (Å²) in [7, 11) is 1.96. The van der Waals surface area contributed by atoms with Crippen molar-refractivity contribution in [1.82, 2.24) is 5.32 Å². The van der Waals surface area contributed by atoms with Crippen molar-refractivity contribution < 1.29 is 4.74 Å².